The topological polar surface area (TPSA) is 0 Å². The molecule has 0 nitrogen and oxygen atoms in total. The Balaban J connectivity index is 2.12. The Morgan fingerprint density at radius 1 is 1.86 bits per heavy atom. The molecule has 0 spiro atoms. The van der Waals surface area contributed by atoms with Crippen molar-refractivity contribution < 1.29 is 0 Å². The number of hydrogen-bond acceptors (Lipinski definition) is 0. The molecule has 0 aromatic carbocycles. The van der Waals surface area contributed by atoms with Crippen LogP contribution in [0.1, 0.15) is 26.2 Å². The lowest BCUT2D eigenvalue weighted by atomic mass is 9.80. The van der Waals surface area contributed by atoms with Crippen LogP contribution >= 0.6 is 0 Å². The summed E-state index contributed by atoms with van der Waals surface area (Å²) in [6, 6.07) is 0. The molecule has 2 aliphatic carbocycles. The molecule has 0 aromatic heterocycles. The van der Waals surface area contributed by atoms with Crippen molar-refractivity contribution in [1.82, 2.24) is 0 Å². The maximum Gasteiger partial charge on any atom is 0.00944 e. The summed E-state index contributed by atoms with van der Waals surface area (Å²) in [6.45, 7) is 2.28. The standard InChI is InChI=1S/C7H10/c1-2-7-4-3-6(7)5-7/h5H,2-4H2,1H3. The molecule has 1 saturated carbocycles. The summed E-state index contributed by atoms with van der Waals surface area (Å²) in [6.07, 6.45) is 6.67. The van der Waals surface area contributed by atoms with E-state index >= 15 is 0 Å². The van der Waals surface area contributed by atoms with Crippen molar-refractivity contribution in [3.8, 4) is 0 Å². The van der Waals surface area contributed by atoms with Gasteiger partial charge in [-0.1, -0.05) is 18.6 Å². The first-order chi connectivity index (χ1) is 3.37. The van der Waals surface area contributed by atoms with E-state index in [4.69, 9.17) is 0 Å². The molecule has 2 aliphatic rings. The van der Waals surface area contributed by atoms with Crippen molar-refractivity contribution in [2.45, 2.75) is 26.2 Å². The number of fused-ring (bicyclic) bond motifs is 1. The molecule has 1 fully saturated rings. The van der Waals surface area contributed by atoms with Crippen LogP contribution in [0.3, 0.4) is 0 Å². The zero-order chi connectivity index (χ0) is 4.91. The molecule has 0 radical (unpaired) electrons. The summed E-state index contributed by atoms with van der Waals surface area (Å²) in [5.74, 6) is 0. The molecule has 0 heterocycles. The normalized spacial score (nSPS) is 43.9. The molecule has 38 valence electrons. The van der Waals surface area contributed by atoms with Gasteiger partial charge in [0.1, 0.15) is 0 Å². The van der Waals surface area contributed by atoms with Crippen molar-refractivity contribution in [2.75, 3.05) is 0 Å². The van der Waals surface area contributed by atoms with Gasteiger partial charge in [-0.15, -0.1) is 0 Å². The van der Waals surface area contributed by atoms with Crippen LogP contribution in [-0.4, -0.2) is 0 Å². The Morgan fingerprint density at radius 3 is 2.71 bits per heavy atom. The summed E-state index contributed by atoms with van der Waals surface area (Å²) in [5.41, 5.74) is 2.47. The third kappa shape index (κ3) is 0.255. The van der Waals surface area contributed by atoms with E-state index < -0.39 is 0 Å². The Kier molecular flexibility index (Phi) is 0.421. The quantitative estimate of drug-likeness (QED) is 0.436. The molecule has 1 unspecified atom stereocenters. The monoisotopic (exact) mass is 94.1 g/mol. The predicted molar refractivity (Wildman–Crippen MR) is 30.0 cm³/mol. The SMILES string of the molecule is CCC12C=C1CC2. The van der Waals surface area contributed by atoms with Gasteiger partial charge in [0.25, 0.3) is 0 Å². The number of allylic oxidation sites excluding steroid dienone is 2. The number of hydrogen-bond donors (Lipinski definition) is 0. The highest BCUT2D eigenvalue weighted by molar-refractivity contribution is 5.45. The smallest absolute Gasteiger partial charge is 0.00944 e. The summed E-state index contributed by atoms with van der Waals surface area (Å²) in [7, 11) is 0. The molecule has 1 atom stereocenters. The van der Waals surface area contributed by atoms with Gasteiger partial charge in [0.05, 0.1) is 0 Å². The average Bonchev–Trinajstić information content (AvgIpc) is 2.12. The summed E-state index contributed by atoms with van der Waals surface area (Å²) >= 11 is 0. The van der Waals surface area contributed by atoms with Gasteiger partial charge >= 0.3 is 0 Å². The van der Waals surface area contributed by atoms with Crippen LogP contribution in [0.4, 0.5) is 0 Å². The lowest BCUT2D eigenvalue weighted by Gasteiger charge is -2.24. The zero-order valence-electron chi connectivity index (χ0n) is 4.70. The van der Waals surface area contributed by atoms with Crippen LogP contribution in [0.2, 0.25) is 0 Å². The molecule has 0 aromatic rings. The Labute approximate surface area is 44.2 Å². The molecule has 7 heavy (non-hydrogen) atoms. The van der Waals surface area contributed by atoms with Crippen molar-refractivity contribution in [2.24, 2.45) is 5.41 Å². The van der Waals surface area contributed by atoms with Gasteiger partial charge in [-0.2, -0.15) is 0 Å². The summed E-state index contributed by atoms with van der Waals surface area (Å²) in [5, 5.41) is 0. The maximum atomic E-state index is 2.44. The average molecular weight is 94.2 g/mol. The van der Waals surface area contributed by atoms with E-state index in [0.29, 0.717) is 0 Å². The second-order valence-corrected chi connectivity index (χ2v) is 2.68. The second-order valence-electron chi connectivity index (χ2n) is 2.68. The van der Waals surface area contributed by atoms with Gasteiger partial charge in [0.15, 0.2) is 0 Å². The van der Waals surface area contributed by atoms with Crippen LogP contribution in [0.15, 0.2) is 11.6 Å². The maximum absolute atomic E-state index is 2.44. The summed E-state index contributed by atoms with van der Waals surface area (Å²) in [4.78, 5) is 0. The molecule has 0 amide bonds. The largest absolute Gasteiger partial charge is 0.0742 e. The highest BCUT2D eigenvalue weighted by Gasteiger charge is 2.49. The first-order valence-electron chi connectivity index (χ1n) is 3.10. The minimum absolute atomic E-state index is 0.722. The molecule has 0 bridgehead atoms. The van der Waals surface area contributed by atoms with Crippen molar-refractivity contribution in [3.63, 3.8) is 0 Å². The van der Waals surface area contributed by atoms with Crippen molar-refractivity contribution in [3.05, 3.63) is 11.6 Å². The lowest BCUT2D eigenvalue weighted by molar-refractivity contribution is 0.400. The van der Waals surface area contributed by atoms with E-state index in [-0.39, 0.29) is 0 Å². The lowest BCUT2D eigenvalue weighted by Crippen LogP contribution is -2.12. The first-order valence-corrected chi connectivity index (χ1v) is 3.10. The van der Waals surface area contributed by atoms with Gasteiger partial charge in [-0.3, -0.25) is 0 Å². The fourth-order valence-electron chi connectivity index (χ4n) is 1.54. The molecular formula is C7H10. The highest BCUT2D eigenvalue weighted by atomic mass is 14.5. The first kappa shape index (κ1) is 3.71. The van der Waals surface area contributed by atoms with Crippen molar-refractivity contribution in [1.29, 1.82) is 0 Å². The van der Waals surface area contributed by atoms with Gasteiger partial charge in [0.2, 0.25) is 0 Å². The van der Waals surface area contributed by atoms with E-state index in [9.17, 15) is 0 Å². The molecule has 2 rings (SSSR count). The van der Waals surface area contributed by atoms with Gasteiger partial charge in [0, 0.05) is 5.41 Å². The summed E-state index contributed by atoms with van der Waals surface area (Å²) < 4.78 is 0. The third-order valence-electron chi connectivity index (χ3n) is 2.48. The molecule has 0 N–H and O–H groups in total. The molecule has 0 aliphatic heterocycles. The van der Waals surface area contributed by atoms with E-state index in [2.05, 4.69) is 13.0 Å². The van der Waals surface area contributed by atoms with Crippen LogP contribution in [0, 0.1) is 5.41 Å². The minimum atomic E-state index is 0.722. The Bertz CT molecular complexity index is 129. The number of rotatable bonds is 1. The van der Waals surface area contributed by atoms with Crippen LogP contribution in [0.5, 0.6) is 0 Å². The second kappa shape index (κ2) is 0.795. The fraction of sp³-hybridized carbons (Fsp3) is 0.714. The van der Waals surface area contributed by atoms with Gasteiger partial charge in [-0.25, -0.2) is 0 Å². The van der Waals surface area contributed by atoms with E-state index in [1.165, 1.54) is 19.3 Å². The molecular weight excluding hydrogens is 84.1 g/mol. The Morgan fingerprint density at radius 2 is 2.71 bits per heavy atom. The van der Waals surface area contributed by atoms with Gasteiger partial charge in [-0.05, 0) is 19.3 Å². The minimum Gasteiger partial charge on any atom is -0.0742 e. The zero-order valence-corrected chi connectivity index (χ0v) is 4.70. The van der Waals surface area contributed by atoms with Gasteiger partial charge < -0.3 is 0 Å². The van der Waals surface area contributed by atoms with Crippen LogP contribution in [0.25, 0.3) is 0 Å². The van der Waals surface area contributed by atoms with Crippen LogP contribution < -0.4 is 0 Å². The van der Waals surface area contributed by atoms with Crippen LogP contribution in [-0.2, 0) is 0 Å². The van der Waals surface area contributed by atoms with E-state index in [1.807, 2.05) is 0 Å². The highest BCUT2D eigenvalue weighted by Crippen LogP contribution is 2.62. The van der Waals surface area contributed by atoms with E-state index in [1.54, 1.807) is 5.57 Å². The predicted octanol–water partition coefficient (Wildman–Crippen LogP) is 2.12. The molecule has 0 heteroatoms. The van der Waals surface area contributed by atoms with E-state index in [0.717, 1.165) is 5.41 Å². The molecule has 0 saturated heterocycles. The third-order valence-corrected chi connectivity index (χ3v) is 2.48. The fourth-order valence-corrected chi connectivity index (χ4v) is 1.54. The van der Waals surface area contributed by atoms with Crippen molar-refractivity contribution >= 4 is 0 Å². The Hall–Kier alpha value is -0.260.